The highest BCUT2D eigenvalue weighted by molar-refractivity contribution is 5.76. The Kier molecular flexibility index (Phi) is 4.98. The number of hydrogen-bond acceptors (Lipinski definition) is 6. The molecule has 0 spiro atoms. The van der Waals surface area contributed by atoms with E-state index in [0.29, 0.717) is 32.4 Å². The second-order valence-electron chi connectivity index (χ2n) is 6.65. The first-order valence-electron chi connectivity index (χ1n) is 8.47. The van der Waals surface area contributed by atoms with E-state index in [1.165, 1.54) is 0 Å². The molecule has 0 saturated carbocycles. The van der Waals surface area contributed by atoms with Gasteiger partial charge in [0.2, 0.25) is 5.91 Å². The predicted octanol–water partition coefficient (Wildman–Crippen LogP) is 0.507. The van der Waals surface area contributed by atoms with E-state index in [9.17, 15) is 9.90 Å². The number of nitrogens with zero attached hydrogens (tertiary/aromatic N) is 4. The summed E-state index contributed by atoms with van der Waals surface area (Å²) in [6.45, 7) is 5.25. The van der Waals surface area contributed by atoms with E-state index in [4.69, 9.17) is 0 Å². The van der Waals surface area contributed by atoms with Gasteiger partial charge in [-0.25, -0.2) is 4.98 Å². The predicted molar refractivity (Wildman–Crippen MR) is 93.2 cm³/mol. The Bertz CT molecular complexity index is 712. The van der Waals surface area contributed by atoms with Crippen molar-refractivity contribution in [2.45, 2.75) is 38.7 Å². The van der Waals surface area contributed by atoms with Gasteiger partial charge < -0.3 is 15.3 Å². The lowest BCUT2D eigenvalue weighted by atomic mass is 10.0. The summed E-state index contributed by atoms with van der Waals surface area (Å²) >= 11 is 0. The third kappa shape index (κ3) is 4.14. The smallest absolute Gasteiger partial charge is 0.220 e. The Labute approximate surface area is 146 Å². The quantitative estimate of drug-likeness (QED) is 0.705. The molecule has 1 aliphatic heterocycles. The number of aliphatic hydroxyl groups is 1. The normalized spacial score (nSPS) is 20.0. The minimum absolute atomic E-state index is 0.0635. The summed E-state index contributed by atoms with van der Waals surface area (Å²) in [7, 11) is 0. The van der Waals surface area contributed by atoms with Crippen molar-refractivity contribution in [2.75, 3.05) is 24.5 Å². The Morgan fingerprint density at radius 3 is 2.96 bits per heavy atom. The molecule has 25 heavy (non-hydrogen) atoms. The minimum Gasteiger partial charge on any atom is -0.386 e. The van der Waals surface area contributed by atoms with Crippen LogP contribution >= 0.6 is 0 Å². The van der Waals surface area contributed by atoms with Crippen molar-refractivity contribution in [3.8, 4) is 0 Å². The van der Waals surface area contributed by atoms with Gasteiger partial charge in [0.25, 0.3) is 0 Å². The molecule has 134 valence electrons. The number of β-amino-alcohol motifs (C(OH)–C–C–N with tert-alkyl or cyclic N) is 1. The minimum atomic E-state index is -0.936. The standard InChI is InChI=1S/C17H24N6O2/c1-12-14(13(2)22-21-12)3-4-16(24)20-10-17(25)5-8-23(11-17)15-9-18-6-7-19-15/h6-7,9,25H,3-5,8,10-11H2,1-2H3,(H,20,24)(H,21,22)/t17-/m0/s1. The SMILES string of the molecule is Cc1n[nH]c(C)c1CCC(=O)NC[C@@]1(O)CCN(c2cnccn2)C1. The second-order valence-corrected chi connectivity index (χ2v) is 6.65. The average Bonchev–Trinajstić information content (AvgIpc) is 3.16. The van der Waals surface area contributed by atoms with Gasteiger partial charge in [-0.1, -0.05) is 0 Å². The van der Waals surface area contributed by atoms with E-state index < -0.39 is 5.60 Å². The number of aryl methyl sites for hydroxylation is 2. The van der Waals surface area contributed by atoms with Gasteiger partial charge in [-0.05, 0) is 32.3 Å². The largest absolute Gasteiger partial charge is 0.386 e. The topological polar surface area (TPSA) is 107 Å². The van der Waals surface area contributed by atoms with Crippen molar-refractivity contribution >= 4 is 11.7 Å². The van der Waals surface area contributed by atoms with Gasteiger partial charge in [0, 0.05) is 44.1 Å². The van der Waals surface area contributed by atoms with E-state index in [0.717, 1.165) is 22.8 Å². The van der Waals surface area contributed by atoms with Crippen LogP contribution in [0.3, 0.4) is 0 Å². The van der Waals surface area contributed by atoms with Crippen LogP contribution in [0.15, 0.2) is 18.6 Å². The lowest BCUT2D eigenvalue weighted by molar-refractivity contribution is -0.122. The van der Waals surface area contributed by atoms with E-state index >= 15 is 0 Å². The number of carbonyl (C=O) groups excluding carboxylic acids is 1. The maximum absolute atomic E-state index is 12.1. The maximum atomic E-state index is 12.1. The number of nitrogens with one attached hydrogen (secondary N) is 2. The number of H-pyrrole nitrogens is 1. The number of aromatic amines is 1. The van der Waals surface area contributed by atoms with Crippen molar-refractivity contribution in [3.63, 3.8) is 0 Å². The molecule has 3 rings (SSSR count). The molecule has 0 aromatic carbocycles. The summed E-state index contributed by atoms with van der Waals surface area (Å²) in [6.07, 6.45) is 6.54. The van der Waals surface area contributed by atoms with Gasteiger partial charge in [-0.15, -0.1) is 0 Å². The first-order valence-corrected chi connectivity index (χ1v) is 8.47. The molecule has 1 aliphatic rings. The fourth-order valence-corrected chi connectivity index (χ4v) is 3.18. The van der Waals surface area contributed by atoms with Crippen LogP contribution in [0.1, 0.15) is 29.8 Å². The summed E-state index contributed by atoms with van der Waals surface area (Å²) in [4.78, 5) is 22.4. The van der Waals surface area contributed by atoms with Gasteiger partial charge in [0.15, 0.2) is 0 Å². The monoisotopic (exact) mass is 344 g/mol. The van der Waals surface area contributed by atoms with Gasteiger partial charge in [-0.2, -0.15) is 5.10 Å². The highest BCUT2D eigenvalue weighted by Crippen LogP contribution is 2.24. The molecule has 0 radical (unpaired) electrons. The molecule has 3 heterocycles. The molecule has 1 saturated heterocycles. The zero-order valence-corrected chi connectivity index (χ0v) is 14.6. The molecule has 3 N–H and O–H groups in total. The van der Waals surface area contributed by atoms with Crippen LogP contribution in [-0.2, 0) is 11.2 Å². The molecule has 8 nitrogen and oxygen atoms in total. The molecule has 0 bridgehead atoms. The summed E-state index contributed by atoms with van der Waals surface area (Å²) in [5.74, 6) is 0.682. The van der Waals surface area contributed by atoms with Crippen molar-refractivity contribution in [1.29, 1.82) is 0 Å². The third-order valence-corrected chi connectivity index (χ3v) is 4.70. The first kappa shape index (κ1) is 17.3. The maximum Gasteiger partial charge on any atom is 0.220 e. The van der Waals surface area contributed by atoms with Crippen LogP contribution in [0.4, 0.5) is 5.82 Å². The fraction of sp³-hybridized carbons (Fsp3) is 0.529. The Morgan fingerprint density at radius 2 is 2.28 bits per heavy atom. The number of hydrogen-bond donors (Lipinski definition) is 3. The Balaban J connectivity index is 1.47. The van der Waals surface area contributed by atoms with E-state index in [1.54, 1.807) is 18.6 Å². The fourth-order valence-electron chi connectivity index (χ4n) is 3.18. The van der Waals surface area contributed by atoms with E-state index in [-0.39, 0.29) is 12.5 Å². The van der Waals surface area contributed by atoms with Crippen molar-refractivity contribution in [3.05, 3.63) is 35.5 Å². The van der Waals surface area contributed by atoms with Gasteiger partial charge in [0.1, 0.15) is 11.4 Å². The lowest BCUT2D eigenvalue weighted by Crippen LogP contribution is -2.45. The van der Waals surface area contributed by atoms with Crippen LogP contribution in [0.5, 0.6) is 0 Å². The van der Waals surface area contributed by atoms with Crippen molar-refractivity contribution in [2.24, 2.45) is 0 Å². The summed E-state index contributed by atoms with van der Waals surface area (Å²) < 4.78 is 0. The molecule has 8 heteroatoms. The van der Waals surface area contributed by atoms with Crippen LogP contribution in [0.2, 0.25) is 0 Å². The molecule has 2 aromatic rings. The first-order chi connectivity index (χ1) is 12.0. The molecule has 1 atom stereocenters. The molecule has 1 fully saturated rings. The lowest BCUT2D eigenvalue weighted by Gasteiger charge is -2.24. The van der Waals surface area contributed by atoms with Crippen LogP contribution in [-0.4, -0.2) is 56.4 Å². The second kappa shape index (κ2) is 7.18. The molecule has 1 amide bonds. The molecule has 2 aromatic heterocycles. The average molecular weight is 344 g/mol. The highest BCUT2D eigenvalue weighted by Gasteiger charge is 2.36. The molecular weight excluding hydrogens is 320 g/mol. The van der Waals surface area contributed by atoms with Gasteiger partial charge in [0.05, 0.1) is 11.9 Å². The number of aromatic nitrogens is 4. The molecular formula is C17H24N6O2. The zero-order chi connectivity index (χ0) is 17.9. The van der Waals surface area contributed by atoms with Gasteiger partial charge >= 0.3 is 0 Å². The van der Waals surface area contributed by atoms with Crippen LogP contribution in [0, 0.1) is 13.8 Å². The van der Waals surface area contributed by atoms with E-state index in [2.05, 4.69) is 25.5 Å². The highest BCUT2D eigenvalue weighted by atomic mass is 16.3. The number of carbonyl (C=O) groups is 1. The summed E-state index contributed by atoms with van der Waals surface area (Å²) in [6, 6.07) is 0. The van der Waals surface area contributed by atoms with Crippen LogP contribution in [0.25, 0.3) is 0 Å². The zero-order valence-electron chi connectivity index (χ0n) is 14.6. The number of rotatable bonds is 6. The number of amides is 1. The van der Waals surface area contributed by atoms with Gasteiger partial charge in [-0.3, -0.25) is 14.9 Å². The number of anilines is 1. The summed E-state index contributed by atoms with van der Waals surface area (Å²) in [5.41, 5.74) is 2.08. The Morgan fingerprint density at radius 1 is 1.44 bits per heavy atom. The molecule has 0 aliphatic carbocycles. The van der Waals surface area contributed by atoms with Crippen LogP contribution < -0.4 is 10.2 Å². The Hall–Kier alpha value is -2.48. The van der Waals surface area contributed by atoms with Crippen molar-refractivity contribution < 1.29 is 9.90 Å². The van der Waals surface area contributed by atoms with E-state index in [1.807, 2.05) is 18.7 Å². The third-order valence-electron chi connectivity index (χ3n) is 4.70. The van der Waals surface area contributed by atoms with Crippen molar-refractivity contribution in [1.82, 2.24) is 25.5 Å². The molecule has 0 unspecified atom stereocenters. The summed E-state index contributed by atoms with van der Waals surface area (Å²) in [5, 5.41) is 20.6.